The number of rotatable bonds is 46. The lowest BCUT2D eigenvalue weighted by atomic mass is 10.1. The molecular formula is C46H104O6Si5. The summed E-state index contributed by atoms with van der Waals surface area (Å²) < 4.78 is 23.2. The molecule has 0 aliphatic heterocycles. The van der Waals surface area contributed by atoms with Gasteiger partial charge in [-0.3, -0.25) is 0 Å². The molecule has 57 heavy (non-hydrogen) atoms. The molecule has 0 saturated carbocycles. The highest BCUT2D eigenvalue weighted by Crippen LogP contribution is 2.26. The van der Waals surface area contributed by atoms with Crippen molar-refractivity contribution >= 4 is 43.0 Å². The van der Waals surface area contributed by atoms with E-state index >= 15 is 0 Å². The molecule has 0 aromatic heterocycles. The Bertz CT molecular complexity index is 838. The van der Waals surface area contributed by atoms with E-state index in [0.717, 1.165) is 25.5 Å². The SMILES string of the molecule is CCOOCCCCCCCCCCC[Si](C)(C)CCCCCCCC[Si](C)(C)CCCCCCCC[SiH2]O[Si](C)(C)CCCCCCCC[Si](OC)(OC)OC. The van der Waals surface area contributed by atoms with Gasteiger partial charge in [0.05, 0.1) is 13.2 Å². The molecule has 0 fully saturated rings. The average molecular weight is 894 g/mol. The molecule has 0 heterocycles. The molecular weight excluding hydrogens is 789 g/mol. The van der Waals surface area contributed by atoms with Crippen molar-refractivity contribution in [2.24, 2.45) is 0 Å². The van der Waals surface area contributed by atoms with Gasteiger partial charge in [0.2, 0.25) is 0 Å². The van der Waals surface area contributed by atoms with Crippen LogP contribution < -0.4 is 0 Å². The zero-order valence-corrected chi connectivity index (χ0v) is 46.0. The van der Waals surface area contributed by atoms with E-state index in [1.165, 1.54) is 173 Å². The van der Waals surface area contributed by atoms with Crippen molar-refractivity contribution in [3.05, 3.63) is 0 Å². The van der Waals surface area contributed by atoms with Gasteiger partial charge >= 0.3 is 8.80 Å². The summed E-state index contributed by atoms with van der Waals surface area (Å²) in [6.45, 7) is 18.9. The van der Waals surface area contributed by atoms with Crippen LogP contribution in [0.2, 0.25) is 81.6 Å². The van der Waals surface area contributed by atoms with E-state index < -0.39 is 33.3 Å². The Kier molecular flexibility index (Phi) is 39.1. The fraction of sp³-hybridized carbons (Fsp3) is 1.00. The minimum atomic E-state index is -2.38. The molecule has 0 unspecified atom stereocenters. The van der Waals surface area contributed by atoms with Gasteiger partial charge in [-0.15, -0.1) is 0 Å². The third kappa shape index (κ3) is 38.3. The maximum Gasteiger partial charge on any atom is 0.500 e. The standard InChI is InChI=1S/C46H104O6Si5/c1-11-50-51-39-31-23-15-13-12-14-17-25-33-41-54(5,6)43-35-27-19-20-28-36-44-55(7,8)42-34-26-18-16-24-32-40-53-52-56(9,10)45-37-29-21-22-30-38-46-57(47-2,48-3)49-4/h11-46,53H2,1-10H3. The van der Waals surface area contributed by atoms with Gasteiger partial charge in [0.25, 0.3) is 0 Å². The van der Waals surface area contributed by atoms with Crippen LogP contribution in [0.25, 0.3) is 0 Å². The van der Waals surface area contributed by atoms with E-state index in [0.29, 0.717) is 6.61 Å². The highest BCUT2D eigenvalue weighted by atomic mass is 28.4. The minimum Gasteiger partial charge on any atom is -0.460 e. The number of unbranched alkanes of at least 4 members (excludes halogenated alkanes) is 23. The summed E-state index contributed by atoms with van der Waals surface area (Å²) in [5.74, 6) is 0. The third-order valence-electron chi connectivity index (χ3n) is 12.7. The molecule has 6 nitrogen and oxygen atoms in total. The van der Waals surface area contributed by atoms with Crippen molar-refractivity contribution in [1.82, 2.24) is 0 Å². The third-order valence-corrected chi connectivity index (χ3v) is 28.6. The Morgan fingerprint density at radius 1 is 0.351 bits per heavy atom. The molecule has 0 aromatic rings. The van der Waals surface area contributed by atoms with Gasteiger partial charge < -0.3 is 17.4 Å². The molecule has 0 bridgehead atoms. The van der Waals surface area contributed by atoms with E-state index in [1.54, 1.807) is 45.5 Å². The highest BCUT2D eigenvalue weighted by Gasteiger charge is 2.36. The average Bonchev–Trinajstić information content (AvgIpc) is 3.18. The van der Waals surface area contributed by atoms with Crippen LogP contribution in [0.4, 0.5) is 0 Å². The van der Waals surface area contributed by atoms with Crippen LogP contribution in [0.1, 0.15) is 180 Å². The first-order valence-corrected chi connectivity index (χ1v) is 38.4. The molecule has 0 aliphatic rings. The molecule has 0 saturated heterocycles. The first-order valence-electron chi connectivity index (χ1n) is 24.9. The summed E-state index contributed by atoms with van der Waals surface area (Å²) in [5, 5.41) is 0. The van der Waals surface area contributed by atoms with Crippen molar-refractivity contribution in [2.75, 3.05) is 34.5 Å². The van der Waals surface area contributed by atoms with Crippen LogP contribution in [-0.4, -0.2) is 77.6 Å². The maximum absolute atomic E-state index is 6.59. The molecule has 344 valence electrons. The predicted molar refractivity (Wildman–Crippen MR) is 265 cm³/mol. The molecule has 0 atom stereocenters. The molecule has 0 aromatic carbocycles. The van der Waals surface area contributed by atoms with Crippen molar-refractivity contribution in [2.45, 2.75) is 262 Å². The smallest absolute Gasteiger partial charge is 0.460 e. The lowest BCUT2D eigenvalue weighted by Gasteiger charge is -2.24. The van der Waals surface area contributed by atoms with Crippen molar-refractivity contribution < 1.29 is 27.2 Å². The monoisotopic (exact) mass is 893 g/mol. The molecule has 0 radical (unpaired) electrons. The van der Waals surface area contributed by atoms with E-state index in [-0.39, 0.29) is 9.76 Å². The highest BCUT2D eigenvalue weighted by molar-refractivity contribution is 6.77. The first-order chi connectivity index (χ1) is 27.4. The van der Waals surface area contributed by atoms with Crippen molar-refractivity contribution in [3.8, 4) is 0 Å². The van der Waals surface area contributed by atoms with Crippen molar-refractivity contribution in [1.29, 1.82) is 0 Å². The van der Waals surface area contributed by atoms with Gasteiger partial charge in [-0.25, -0.2) is 9.78 Å². The van der Waals surface area contributed by atoms with Gasteiger partial charge in [-0.05, 0) is 44.9 Å². The van der Waals surface area contributed by atoms with E-state index in [2.05, 4.69) is 39.3 Å². The predicted octanol–water partition coefficient (Wildman–Crippen LogP) is 15.5. The fourth-order valence-corrected chi connectivity index (χ4v) is 20.6. The minimum absolute atomic E-state index is 0.327. The van der Waals surface area contributed by atoms with Crippen LogP contribution in [0, 0.1) is 0 Å². The Morgan fingerprint density at radius 3 is 1.04 bits per heavy atom. The van der Waals surface area contributed by atoms with Gasteiger partial charge in [0, 0.05) is 43.5 Å². The van der Waals surface area contributed by atoms with E-state index in [9.17, 15) is 0 Å². The Balaban J connectivity index is 3.60. The second-order valence-corrected chi connectivity index (χ2v) is 39.9. The van der Waals surface area contributed by atoms with Crippen LogP contribution in [-0.2, 0) is 27.2 Å². The summed E-state index contributed by atoms with van der Waals surface area (Å²) in [4.78, 5) is 10.0. The van der Waals surface area contributed by atoms with Gasteiger partial charge in [-0.1, -0.05) is 211 Å². The van der Waals surface area contributed by atoms with Crippen LogP contribution in [0.15, 0.2) is 0 Å². The summed E-state index contributed by atoms with van der Waals surface area (Å²) >= 11 is 0. The van der Waals surface area contributed by atoms with Gasteiger partial charge in [0.1, 0.15) is 9.76 Å². The van der Waals surface area contributed by atoms with Crippen LogP contribution in [0.3, 0.4) is 0 Å². The van der Waals surface area contributed by atoms with Crippen LogP contribution in [0.5, 0.6) is 0 Å². The Morgan fingerprint density at radius 2 is 0.667 bits per heavy atom. The Hall–Kier alpha value is 0.844. The summed E-state index contributed by atoms with van der Waals surface area (Å²) in [6.07, 6.45) is 37.7. The van der Waals surface area contributed by atoms with Gasteiger partial charge in [-0.2, -0.15) is 0 Å². The first kappa shape index (κ1) is 57.8. The van der Waals surface area contributed by atoms with E-state index in [4.69, 9.17) is 27.2 Å². The van der Waals surface area contributed by atoms with E-state index in [1.807, 2.05) is 6.92 Å². The summed E-state index contributed by atoms with van der Waals surface area (Å²) in [7, 11) is -0.992. The molecule has 0 aliphatic carbocycles. The molecule has 0 amide bonds. The molecule has 0 rings (SSSR count). The topological polar surface area (TPSA) is 55.4 Å². The fourth-order valence-electron chi connectivity index (χ4n) is 8.47. The lowest BCUT2D eigenvalue weighted by Crippen LogP contribution is -2.42. The van der Waals surface area contributed by atoms with Gasteiger partial charge in [0.15, 0.2) is 8.32 Å². The van der Waals surface area contributed by atoms with Crippen molar-refractivity contribution in [3.63, 3.8) is 0 Å². The normalized spacial score (nSPS) is 13.2. The number of hydrogen-bond acceptors (Lipinski definition) is 6. The Labute approximate surface area is 364 Å². The zero-order valence-electron chi connectivity index (χ0n) is 40.6. The molecule has 0 spiro atoms. The summed E-state index contributed by atoms with van der Waals surface area (Å²) in [6, 6.07) is 9.87. The second kappa shape index (κ2) is 38.5. The largest absolute Gasteiger partial charge is 0.500 e. The zero-order chi connectivity index (χ0) is 42.4. The molecule has 11 heteroatoms. The number of hydrogen-bond donors (Lipinski definition) is 0. The molecule has 0 N–H and O–H groups in total. The maximum atomic E-state index is 6.59. The summed E-state index contributed by atoms with van der Waals surface area (Å²) in [5.41, 5.74) is 0. The lowest BCUT2D eigenvalue weighted by molar-refractivity contribution is -0.291. The quantitative estimate of drug-likeness (QED) is 0.0263. The van der Waals surface area contributed by atoms with Crippen LogP contribution >= 0.6 is 0 Å². The second-order valence-electron chi connectivity index (χ2n) is 19.9.